The highest BCUT2D eigenvalue weighted by molar-refractivity contribution is 5.99. The van der Waals surface area contributed by atoms with Gasteiger partial charge in [-0.1, -0.05) is 32.6 Å². The number of pyridine rings is 1. The van der Waals surface area contributed by atoms with Gasteiger partial charge in [-0.25, -0.2) is 9.59 Å². The second kappa shape index (κ2) is 9.28. The highest BCUT2D eigenvalue weighted by atomic mass is 16.5. The van der Waals surface area contributed by atoms with E-state index < -0.39 is 11.9 Å². The Kier molecular flexibility index (Phi) is 7.72. The fraction of sp³-hybridized carbons (Fsp3) is 0.611. The summed E-state index contributed by atoms with van der Waals surface area (Å²) in [5, 5.41) is 0. The number of esters is 2. The minimum Gasteiger partial charge on any atom is -0.465 e. The van der Waals surface area contributed by atoms with Crippen molar-refractivity contribution in [1.29, 1.82) is 0 Å². The molecule has 23 heavy (non-hydrogen) atoms. The van der Waals surface area contributed by atoms with Gasteiger partial charge in [-0.15, -0.1) is 0 Å². The lowest BCUT2D eigenvalue weighted by Crippen LogP contribution is -2.18. The molecule has 128 valence electrons. The van der Waals surface area contributed by atoms with E-state index in [2.05, 4.69) is 11.9 Å². The van der Waals surface area contributed by atoms with Crippen molar-refractivity contribution in [2.45, 2.75) is 59.3 Å². The molecule has 0 amide bonds. The van der Waals surface area contributed by atoms with Crippen LogP contribution in [0.4, 0.5) is 0 Å². The van der Waals surface area contributed by atoms with Gasteiger partial charge in [0.05, 0.1) is 36.7 Å². The van der Waals surface area contributed by atoms with Crippen molar-refractivity contribution in [1.82, 2.24) is 4.98 Å². The molecule has 1 aromatic heterocycles. The molecule has 0 atom stereocenters. The van der Waals surface area contributed by atoms with Gasteiger partial charge in [0.15, 0.2) is 0 Å². The molecule has 0 bridgehead atoms. The number of aryl methyl sites for hydroxylation is 2. The van der Waals surface area contributed by atoms with Crippen LogP contribution in [-0.2, 0) is 15.9 Å². The third-order valence-electron chi connectivity index (χ3n) is 3.97. The van der Waals surface area contributed by atoms with Gasteiger partial charge in [-0.05, 0) is 32.3 Å². The third-order valence-corrected chi connectivity index (χ3v) is 3.97. The molecule has 0 N–H and O–H groups in total. The van der Waals surface area contributed by atoms with Crippen molar-refractivity contribution < 1.29 is 19.1 Å². The smallest absolute Gasteiger partial charge is 0.340 e. The summed E-state index contributed by atoms with van der Waals surface area (Å²) in [6.07, 6.45) is 6.15. The number of nitrogens with zero attached hydrogens (tertiary/aromatic N) is 1. The molecule has 0 aliphatic rings. The number of unbranched alkanes of at least 4 members (excludes halogenated alkanes) is 4. The van der Waals surface area contributed by atoms with E-state index in [0.29, 0.717) is 34.5 Å². The van der Waals surface area contributed by atoms with Gasteiger partial charge < -0.3 is 9.47 Å². The van der Waals surface area contributed by atoms with Crippen molar-refractivity contribution in [2.24, 2.45) is 0 Å². The second-order valence-electron chi connectivity index (χ2n) is 5.66. The molecule has 1 rings (SSSR count). The lowest BCUT2D eigenvalue weighted by molar-refractivity contribution is 0.0594. The molecule has 0 spiro atoms. The summed E-state index contributed by atoms with van der Waals surface area (Å²) in [6.45, 7) is 5.70. The maximum atomic E-state index is 12.2. The zero-order valence-corrected chi connectivity index (χ0v) is 14.8. The van der Waals surface area contributed by atoms with Gasteiger partial charge in [-0.3, -0.25) is 4.98 Å². The first kappa shape index (κ1) is 19.1. The molecular formula is C18H27NO4. The lowest BCUT2D eigenvalue weighted by Gasteiger charge is -2.16. The van der Waals surface area contributed by atoms with Crippen LogP contribution in [-0.4, -0.2) is 31.1 Å². The number of rotatable bonds is 8. The SMILES string of the molecule is CCCCCCCc1c(C(=O)OC)c(C)nc(C)c1C(=O)OC. The number of methoxy groups -OCH3 is 2. The Morgan fingerprint density at radius 3 is 1.78 bits per heavy atom. The van der Waals surface area contributed by atoms with E-state index in [1.165, 1.54) is 27.1 Å². The van der Waals surface area contributed by atoms with Crippen LogP contribution in [0.2, 0.25) is 0 Å². The molecule has 0 aliphatic heterocycles. The largest absolute Gasteiger partial charge is 0.465 e. The lowest BCUT2D eigenvalue weighted by atomic mass is 9.93. The predicted molar refractivity (Wildman–Crippen MR) is 88.9 cm³/mol. The summed E-state index contributed by atoms with van der Waals surface area (Å²) >= 11 is 0. The van der Waals surface area contributed by atoms with Crippen molar-refractivity contribution in [3.8, 4) is 0 Å². The van der Waals surface area contributed by atoms with E-state index in [1.807, 2.05) is 0 Å². The molecule has 5 nitrogen and oxygen atoms in total. The van der Waals surface area contributed by atoms with Crippen LogP contribution in [0, 0.1) is 13.8 Å². The van der Waals surface area contributed by atoms with Crippen LogP contribution in [0.3, 0.4) is 0 Å². The van der Waals surface area contributed by atoms with Crippen molar-refractivity contribution in [3.05, 3.63) is 28.1 Å². The van der Waals surface area contributed by atoms with Crippen LogP contribution in [0.15, 0.2) is 0 Å². The number of aromatic nitrogens is 1. The predicted octanol–water partition coefficient (Wildman–Crippen LogP) is 3.78. The zero-order chi connectivity index (χ0) is 17.4. The molecule has 0 saturated carbocycles. The van der Waals surface area contributed by atoms with Crippen LogP contribution in [0.5, 0.6) is 0 Å². The molecule has 0 radical (unpaired) electrons. The summed E-state index contributed by atoms with van der Waals surface area (Å²) in [5.74, 6) is -0.910. The van der Waals surface area contributed by atoms with Gasteiger partial charge in [0.25, 0.3) is 0 Å². The molecule has 0 saturated heterocycles. The van der Waals surface area contributed by atoms with E-state index in [0.717, 1.165) is 19.3 Å². The fourth-order valence-electron chi connectivity index (χ4n) is 2.83. The maximum Gasteiger partial charge on any atom is 0.340 e. The van der Waals surface area contributed by atoms with Gasteiger partial charge >= 0.3 is 11.9 Å². The van der Waals surface area contributed by atoms with Crippen LogP contribution in [0.1, 0.15) is 76.7 Å². The molecule has 0 aliphatic carbocycles. The highest BCUT2D eigenvalue weighted by Crippen LogP contribution is 2.24. The maximum absolute atomic E-state index is 12.2. The Morgan fingerprint density at radius 2 is 1.35 bits per heavy atom. The number of hydrogen-bond donors (Lipinski definition) is 0. The standard InChI is InChI=1S/C18H27NO4/c1-6-7-8-9-10-11-14-15(17(20)22-4)12(2)19-13(3)16(14)18(21)23-5/h6-11H2,1-5H3. The summed E-state index contributed by atoms with van der Waals surface area (Å²) in [5.41, 5.74) is 2.67. The average molecular weight is 321 g/mol. The molecular weight excluding hydrogens is 294 g/mol. The summed E-state index contributed by atoms with van der Waals surface area (Å²) in [4.78, 5) is 28.6. The quantitative estimate of drug-likeness (QED) is 0.538. The van der Waals surface area contributed by atoms with Gasteiger partial charge in [-0.2, -0.15) is 0 Å². The van der Waals surface area contributed by atoms with Gasteiger partial charge in [0.1, 0.15) is 0 Å². The Labute approximate surface area is 138 Å². The normalized spacial score (nSPS) is 10.5. The molecule has 0 unspecified atom stereocenters. The van der Waals surface area contributed by atoms with Gasteiger partial charge in [0, 0.05) is 0 Å². The molecule has 0 fully saturated rings. The molecule has 5 heteroatoms. The third kappa shape index (κ3) is 4.78. The summed E-state index contributed by atoms with van der Waals surface area (Å²) < 4.78 is 9.76. The highest BCUT2D eigenvalue weighted by Gasteiger charge is 2.25. The topological polar surface area (TPSA) is 65.5 Å². The van der Waals surface area contributed by atoms with E-state index in [4.69, 9.17) is 9.47 Å². The Balaban J connectivity index is 3.23. The number of hydrogen-bond acceptors (Lipinski definition) is 5. The van der Waals surface area contributed by atoms with E-state index >= 15 is 0 Å². The Hall–Kier alpha value is -1.91. The Bertz CT molecular complexity index is 526. The zero-order valence-electron chi connectivity index (χ0n) is 14.8. The van der Waals surface area contributed by atoms with Gasteiger partial charge in [0.2, 0.25) is 0 Å². The first-order valence-electron chi connectivity index (χ1n) is 8.14. The minimum absolute atomic E-state index is 0.397. The van der Waals surface area contributed by atoms with Crippen molar-refractivity contribution in [3.63, 3.8) is 0 Å². The Morgan fingerprint density at radius 1 is 0.870 bits per heavy atom. The number of ether oxygens (including phenoxy) is 2. The van der Waals surface area contributed by atoms with Crippen molar-refractivity contribution in [2.75, 3.05) is 14.2 Å². The molecule has 1 heterocycles. The fourth-order valence-corrected chi connectivity index (χ4v) is 2.83. The monoisotopic (exact) mass is 321 g/mol. The molecule has 0 aromatic carbocycles. The van der Waals surface area contributed by atoms with Crippen molar-refractivity contribution >= 4 is 11.9 Å². The van der Waals surface area contributed by atoms with E-state index in [9.17, 15) is 9.59 Å². The minimum atomic E-state index is -0.455. The average Bonchev–Trinajstić information content (AvgIpc) is 2.53. The second-order valence-corrected chi connectivity index (χ2v) is 5.66. The summed E-state index contributed by atoms with van der Waals surface area (Å²) in [6, 6.07) is 0. The summed E-state index contributed by atoms with van der Waals surface area (Å²) in [7, 11) is 2.68. The van der Waals surface area contributed by atoms with Crippen LogP contribution in [0.25, 0.3) is 0 Å². The molecule has 1 aromatic rings. The number of carbonyl (C=O) groups excluding carboxylic acids is 2. The first-order chi connectivity index (χ1) is 11.0. The number of carbonyl (C=O) groups is 2. The van der Waals surface area contributed by atoms with Crippen LogP contribution >= 0.6 is 0 Å². The van der Waals surface area contributed by atoms with E-state index in [1.54, 1.807) is 13.8 Å². The van der Waals surface area contributed by atoms with E-state index in [-0.39, 0.29) is 0 Å². The first-order valence-corrected chi connectivity index (χ1v) is 8.14. The van der Waals surface area contributed by atoms with Crippen LogP contribution < -0.4 is 0 Å².